The summed E-state index contributed by atoms with van der Waals surface area (Å²) in [7, 11) is 0. The van der Waals surface area contributed by atoms with Crippen LogP contribution in [0.4, 0.5) is 0 Å². The SMILES string of the molecule is CC/C=C\C/C=C\C/C=C\C/C=C\CCCCCCC(=O)OC[C@H](COC(=O)CCCCCCCCCCCCC/C=C\CCCCCCCC)OC(=O)CCCCCCCCCCCCCCC. The summed E-state index contributed by atoms with van der Waals surface area (Å²) in [6.07, 6.45) is 72.1. The zero-order valence-electron chi connectivity index (χ0n) is 45.8. The van der Waals surface area contributed by atoms with Gasteiger partial charge in [-0.15, -0.1) is 0 Å². The summed E-state index contributed by atoms with van der Waals surface area (Å²) in [5.41, 5.74) is 0. The lowest BCUT2D eigenvalue weighted by Crippen LogP contribution is -2.30. The van der Waals surface area contributed by atoms with Gasteiger partial charge in [0.05, 0.1) is 0 Å². The molecule has 0 heterocycles. The molecule has 0 aliphatic rings. The van der Waals surface area contributed by atoms with Gasteiger partial charge in [0.25, 0.3) is 0 Å². The number of carbonyl (C=O) groups excluding carboxylic acids is 3. The van der Waals surface area contributed by atoms with Crippen molar-refractivity contribution in [1.82, 2.24) is 0 Å². The second kappa shape index (κ2) is 57.7. The number of allylic oxidation sites excluding steroid dienone is 10. The van der Waals surface area contributed by atoms with Crippen molar-refractivity contribution in [2.24, 2.45) is 0 Å². The van der Waals surface area contributed by atoms with Gasteiger partial charge in [-0.25, -0.2) is 0 Å². The van der Waals surface area contributed by atoms with E-state index in [4.69, 9.17) is 14.2 Å². The first-order chi connectivity index (χ1) is 34.0. The van der Waals surface area contributed by atoms with E-state index in [0.29, 0.717) is 19.3 Å². The van der Waals surface area contributed by atoms with E-state index in [0.717, 1.165) is 96.3 Å². The van der Waals surface area contributed by atoms with Crippen LogP contribution >= 0.6 is 0 Å². The molecule has 0 aromatic heterocycles. The molecule has 0 amide bonds. The molecule has 0 aliphatic heterocycles. The molecule has 0 radical (unpaired) electrons. The Morgan fingerprint density at radius 2 is 0.565 bits per heavy atom. The first-order valence-corrected chi connectivity index (χ1v) is 29.8. The molecule has 0 bridgehead atoms. The van der Waals surface area contributed by atoms with Crippen molar-refractivity contribution in [3.05, 3.63) is 60.8 Å². The van der Waals surface area contributed by atoms with Gasteiger partial charge in [-0.2, -0.15) is 0 Å². The minimum absolute atomic E-state index is 0.0797. The Morgan fingerprint density at radius 1 is 0.304 bits per heavy atom. The number of ether oxygens (including phenoxy) is 3. The fourth-order valence-corrected chi connectivity index (χ4v) is 8.55. The summed E-state index contributed by atoms with van der Waals surface area (Å²) < 4.78 is 16.9. The summed E-state index contributed by atoms with van der Waals surface area (Å²) >= 11 is 0. The third kappa shape index (κ3) is 55.9. The molecular weight excluding hydrogens is 853 g/mol. The van der Waals surface area contributed by atoms with Crippen molar-refractivity contribution < 1.29 is 28.6 Å². The predicted octanol–water partition coefficient (Wildman–Crippen LogP) is 20.0. The van der Waals surface area contributed by atoms with Crippen molar-refractivity contribution in [3.8, 4) is 0 Å². The van der Waals surface area contributed by atoms with Crippen LogP contribution in [0.15, 0.2) is 60.8 Å². The molecule has 0 spiro atoms. The first-order valence-electron chi connectivity index (χ1n) is 29.8. The summed E-state index contributed by atoms with van der Waals surface area (Å²) in [4.78, 5) is 38.2. The molecule has 69 heavy (non-hydrogen) atoms. The monoisotopic (exact) mass is 965 g/mol. The highest BCUT2D eigenvalue weighted by molar-refractivity contribution is 5.71. The average Bonchev–Trinajstić information content (AvgIpc) is 3.35. The van der Waals surface area contributed by atoms with E-state index < -0.39 is 6.10 Å². The molecule has 0 aliphatic carbocycles. The standard InChI is InChI=1S/C63H112O6/c1-4-7-10-13-16-19-22-25-27-29-30-31-32-34-36-39-41-44-47-50-53-56-62(65)68-59-60(69-63(66)57-54-51-48-45-42-37-24-21-18-15-12-9-6-3)58-67-61(64)55-52-49-46-43-40-38-35-33-28-26-23-20-17-14-11-8-5-2/h8,11,17,20,25-28,35,38,60H,4-7,9-10,12-16,18-19,21-24,29-34,36-37,39-59H2,1-3H3/b11-8-,20-17-,27-25-,28-26-,38-35-/t60-/m1/s1. The maximum Gasteiger partial charge on any atom is 0.306 e. The molecule has 0 aromatic carbocycles. The highest BCUT2D eigenvalue weighted by Gasteiger charge is 2.19. The van der Waals surface area contributed by atoms with Crippen LogP contribution in [0.3, 0.4) is 0 Å². The van der Waals surface area contributed by atoms with Crippen LogP contribution in [0.25, 0.3) is 0 Å². The number of hydrogen-bond acceptors (Lipinski definition) is 6. The number of hydrogen-bond donors (Lipinski definition) is 0. The highest BCUT2D eigenvalue weighted by Crippen LogP contribution is 2.16. The molecule has 400 valence electrons. The lowest BCUT2D eigenvalue weighted by molar-refractivity contribution is -0.167. The number of rotatable bonds is 54. The van der Waals surface area contributed by atoms with Gasteiger partial charge in [-0.05, 0) is 83.5 Å². The van der Waals surface area contributed by atoms with Crippen LogP contribution in [-0.4, -0.2) is 37.2 Å². The van der Waals surface area contributed by atoms with Gasteiger partial charge in [-0.3, -0.25) is 14.4 Å². The lowest BCUT2D eigenvalue weighted by atomic mass is 10.0. The van der Waals surface area contributed by atoms with Crippen molar-refractivity contribution in [2.45, 2.75) is 309 Å². The number of unbranched alkanes of at least 4 members (excludes halogenated alkanes) is 33. The van der Waals surface area contributed by atoms with Crippen LogP contribution in [-0.2, 0) is 28.6 Å². The maximum absolute atomic E-state index is 12.8. The Labute approximate surface area is 428 Å². The fraction of sp³-hybridized carbons (Fsp3) is 0.794. The molecule has 0 aromatic rings. The van der Waals surface area contributed by atoms with Crippen molar-refractivity contribution in [1.29, 1.82) is 0 Å². The smallest absolute Gasteiger partial charge is 0.306 e. The van der Waals surface area contributed by atoms with Crippen molar-refractivity contribution in [2.75, 3.05) is 13.2 Å². The van der Waals surface area contributed by atoms with Gasteiger partial charge < -0.3 is 14.2 Å². The molecule has 0 fully saturated rings. The third-order valence-electron chi connectivity index (χ3n) is 13.0. The van der Waals surface area contributed by atoms with Crippen LogP contribution < -0.4 is 0 Å². The van der Waals surface area contributed by atoms with Crippen molar-refractivity contribution >= 4 is 17.9 Å². The largest absolute Gasteiger partial charge is 0.462 e. The van der Waals surface area contributed by atoms with Crippen LogP contribution in [0.5, 0.6) is 0 Å². The first kappa shape index (κ1) is 66.1. The maximum atomic E-state index is 12.8. The van der Waals surface area contributed by atoms with Gasteiger partial charge in [-0.1, -0.05) is 261 Å². The van der Waals surface area contributed by atoms with E-state index in [1.807, 2.05) is 0 Å². The molecule has 1 atom stereocenters. The van der Waals surface area contributed by atoms with Crippen LogP contribution in [0.2, 0.25) is 0 Å². The quantitative estimate of drug-likeness (QED) is 0.0262. The van der Waals surface area contributed by atoms with Crippen LogP contribution in [0, 0.1) is 0 Å². The van der Waals surface area contributed by atoms with E-state index >= 15 is 0 Å². The minimum atomic E-state index is -0.782. The fourth-order valence-electron chi connectivity index (χ4n) is 8.55. The Kier molecular flexibility index (Phi) is 55.3. The van der Waals surface area contributed by atoms with Gasteiger partial charge >= 0.3 is 17.9 Å². The van der Waals surface area contributed by atoms with E-state index in [1.165, 1.54) is 167 Å². The zero-order chi connectivity index (χ0) is 50.0. The Hall–Kier alpha value is -2.89. The lowest BCUT2D eigenvalue weighted by Gasteiger charge is -2.18. The highest BCUT2D eigenvalue weighted by atomic mass is 16.6. The third-order valence-corrected chi connectivity index (χ3v) is 13.0. The molecule has 0 saturated carbocycles. The molecule has 0 saturated heterocycles. The molecule has 0 unspecified atom stereocenters. The van der Waals surface area contributed by atoms with Gasteiger partial charge in [0.1, 0.15) is 13.2 Å². The average molecular weight is 966 g/mol. The van der Waals surface area contributed by atoms with E-state index in [9.17, 15) is 14.4 Å². The van der Waals surface area contributed by atoms with Gasteiger partial charge in [0.15, 0.2) is 6.10 Å². The Bertz CT molecular complexity index is 1250. The molecule has 6 nitrogen and oxygen atoms in total. The van der Waals surface area contributed by atoms with Gasteiger partial charge in [0, 0.05) is 19.3 Å². The van der Waals surface area contributed by atoms with E-state index in [2.05, 4.69) is 81.5 Å². The Morgan fingerprint density at radius 3 is 0.899 bits per heavy atom. The summed E-state index contributed by atoms with van der Waals surface area (Å²) in [5, 5.41) is 0. The summed E-state index contributed by atoms with van der Waals surface area (Å²) in [6.45, 7) is 6.53. The van der Waals surface area contributed by atoms with E-state index in [1.54, 1.807) is 0 Å². The second-order valence-corrected chi connectivity index (χ2v) is 19.9. The normalized spacial score (nSPS) is 12.4. The van der Waals surface area contributed by atoms with Gasteiger partial charge in [0.2, 0.25) is 0 Å². The zero-order valence-corrected chi connectivity index (χ0v) is 45.8. The van der Waals surface area contributed by atoms with Crippen molar-refractivity contribution in [3.63, 3.8) is 0 Å². The molecule has 6 heteroatoms. The Balaban J connectivity index is 4.34. The predicted molar refractivity (Wildman–Crippen MR) is 298 cm³/mol. The number of carbonyl (C=O) groups is 3. The molecule has 0 N–H and O–H groups in total. The summed E-state index contributed by atoms with van der Waals surface area (Å²) in [5.74, 6) is -0.891. The van der Waals surface area contributed by atoms with Crippen LogP contribution in [0.1, 0.15) is 303 Å². The molecule has 0 rings (SSSR count). The number of esters is 3. The molecular formula is C63H112O6. The van der Waals surface area contributed by atoms with E-state index in [-0.39, 0.29) is 31.1 Å². The topological polar surface area (TPSA) is 78.9 Å². The minimum Gasteiger partial charge on any atom is -0.462 e. The second-order valence-electron chi connectivity index (χ2n) is 19.9. The summed E-state index contributed by atoms with van der Waals surface area (Å²) in [6, 6.07) is 0.